The predicted molar refractivity (Wildman–Crippen MR) is 144 cm³/mol. The molecule has 0 radical (unpaired) electrons. The highest BCUT2D eigenvalue weighted by Crippen LogP contribution is 2.28. The van der Waals surface area contributed by atoms with Crippen LogP contribution in [0.15, 0.2) is 60.2 Å². The van der Waals surface area contributed by atoms with Crippen LogP contribution in [-0.4, -0.2) is 32.6 Å². The molecule has 2 heterocycles. The van der Waals surface area contributed by atoms with E-state index in [0.717, 1.165) is 22.6 Å². The number of carboxylic acid groups (broad SMARTS) is 1. The molecule has 3 aromatic rings. The lowest BCUT2D eigenvalue weighted by Gasteiger charge is -2.29. The van der Waals surface area contributed by atoms with E-state index in [1.807, 2.05) is 19.9 Å². The van der Waals surface area contributed by atoms with Crippen molar-refractivity contribution in [3.63, 3.8) is 0 Å². The summed E-state index contributed by atoms with van der Waals surface area (Å²) in [5.41, 5.74) is 5.23. The Morgan fingerprint density at radius 2 is 1.56 bits per heavy atom. The summed E-state index contributed by atoms with van der Waals surface area (Å²) in [6.45, 7) is 10.4. The zero-order valence-corrected chi connectivity index (χ0v) is 21.6. The van der Waals surface area contributed by atoms with Crippen molar-refractivity contribution in [2.45, 2.75) is 40.0 Å². The van der Waals surface area contributed by atoms with Crippen molar-refractivity contribution in [3.05, 3.63) is 88.2 Å². The molecule has 8 heteroatoms. The van der Waals surface area contributed by atoms with Gasteiger partial charge in [-0.2, -0.15) is 0 Å². The van der Waals surface area contributed by atoms with Gasteiger partial charge in [-0.3, -0.25) is 19.8 Å². The number of aromatic nitrogens is 1. The van der Waals surface area contributed by atoms with Gasteiger partial charge < -0.3 is 9.67 Å². The summed E-state index contributed by atoms with van der Waals surface area (Å²) in [5, 5.41) is 11.6. The maximum absolute atomic E-state index is 13.4. The first-order valence-electron chi connectivity index (χ1n) is 11.4. The number of nitrogens with zero attached hydrogens (tertiary/aromatic N) is 2. The second-order valence-electron chi connectivity index (χ2n) is 9.77. The summed E-state index contributed by atoms with van der Waals surface area (Å²) in [7, 11) is 0. The van der Waals surface area contributed by atoms with E-state index in [4.69, 9.17) is 17.3 Å². The van der Waals surface area contributed by atoms with Gasteiger partial charge in [0.05, 0.1) is 11.3 Å². The fourth-order valence-corrected chi connectivity index (χ4v) is 4.52. The minimum Gasteiger partial charge on any atom is -0.478 e. The van der Waals surface area contributed by atoms with Crippen molar-refractivity contribution in [1.82, 2.24) is 9.88 Å². The van der Waals surface area contributed by atoms with E-state index < -0.39 is 17.8 Å². The third-order valence-corrected chi connectivity index (χ3v) is 6.52. The number of carbonyl (C=O) groups excluding carboxylic acids is 2. The van der Waals surface area contributed by atoms with Crippen LogP contribution < -0.4 is 10.2 Å². The number of benzene rings is 2. The number of thiocarbonyl (C=S) groups is 1. The average molecular weight is 502 g/mol. The van der Waals surface area contributed by atoms with E-state index in [2.05, 4.69) is 54.9 Å². The molecule has 36 heavy (non-hydrogen) atoms. The number of rotatable bonds is 4. The number of hydrogen-bond acceptors (Lipinski definition) is 4. The molecule has 1 aliphatic rings. The van der Waals surface area contributed by atoms with Crippen LogP contribution in [0.3, 0.4) is 0 Å². The Hall–Kier alpha value is -4.04. The molecule has 184 valence electrons. The Morgan fingerprint density at radius 3 is 2.11 bits per heavy atom. The van der Waals surface area contributed by atoms with Crippen LogP contribution >= 0.6 is 12.2 Å². The van der Waals surface area contributed by atoms with E-state index in [-0.39, 0.29) is 21.7 Å². The third kappa shape index (κ3) is 4.59. The monoisotopic (exact) mass is 501 g/mol. The number of amides is 2. The van der Waals surface area contributed by atoms with Crippen molar-refractivity contribution in [3.8, 4) is 5.69 Å². The van der Waals surface area contributed by atoms with Gasteiger partial charge in [0.15, 0.2) is 5.11 Å². The Bertz CT molecular complexity index is 1430. The van der Waals surface area contributed by atoms with Crippen molar-refractivity contribution in [2.24, 2.45) is 0 Å². The highest BCUT2D eigenvalue weighted by atomic mass is 32.1. The summed E-state index contributed by atoms with van der Waals surface area (Å²) in [4.78, 5) is 38.5. The van der Waals surface area contributed by atoms with E-state index in [1.165, 1.54) is 34.7 Å². The maximum Gasteiger partial charge on any atom is 0.335 e. The molecule has 2 aromatic carbocycles. The first-order valence-corrected chi connectivity index (χ1v) is 11.8. The molecular weight excluding hydrogens is 474 g/mol. The number of aryl methyl sites for hydroxylation is 1. The molecule has 1 aliphatic heterocycles. The van der Waals surface area contributed by atoms with Crippen molar-refractivity contribution in [1.29, 1.82) is 0 Å². The molecule has 1 fully saturated rings. The van der Waals surface area contributed by atoms with Crippen molar-refractivity contribution < 1.29 is 19.5 Å². The minimum atomic E-state index is -1.08. The number of carboxylic acids is 1. The fraction of sp³-hybridized carbons (Fsp3) is 0.214. The van der Waals surface area contributed by atoms with Gasteiger partial charge in [0.25, 0.3) is 11.8 Å². The van der Waals surface area contributed by atoms with Crippen molar-refractivity contribution >= 4 is 46.9 Å². The molecule has 0 bridgehead atoms. The number of anilines is 1. The summed E-state index contributed by atoms with van der Waals surface area (Å²) < 4.78 is 2.08. The van der Waals surface area contributed by atoms with Gasteiger partial charge in [-0.15, -0.1) is 0 Å². The van der Waals surface area contributed by atoms with Crippen LogP contribution in [0.1, 0.15) is 53.6 Å². The lowest BCUT2D eigenvalue weighted by molar-refractivity contribution is -0.122. The number of nitrogens with one attached hydrogen (secondary N) is 1. The fourth-order valence-electron chi connectivity index (χ4n) is 4.24. The first-order chi connectivity index (χ1) is 16.9. The Morgan fingerprint density at radius 1 is 0.972 bits per heavy atom. The summed E-state index contributed by atoms with van der Waals surface area (Å²) in [6, 6.07) is 16.0. The second kappa shape index (κ2) is 9.20. The molecule has 0 aliphatic carbocycles. The highest BCUT2D eigenvalue weighted by molar-refractivity contribution is 7.80. The molecule has 0 unspecified atom stereocenters. The van der Waals surface area contributed by atoms with Crippen molar-refractivity contribution in [2.75, 3.05) is 4.90 Å². The topological polar surface area (TPSA) is 91.6 Å². The Balaban J connectivity index is 1.71. The zero-order valence-electron chi connectivity index (χ0n) is 20.7. The van der Waals surface area contributed by atoms with Crippen LogP contribution in [0.5, 0.6) is 0 Å². The Kier molecular flexibility index (Phi) is 6.41. The van der Waals surface area contributed by atoms with Gasteiger partial charge in [-0.05, 0) is 91.1 Å². The maximum atomic E-state index is 13.4. The first kappa shape index (κ1) is 25.1. The molecule has 1 saturated heterocycles. The van der Waals surface area contributed by atoms with E-state index >= 15 is 0 Å². The largest absolute Gasteiger partial charge is 0.478 e. The normalized spacial score (nSPS) is 15.4. The van der Waals surface area contributed by atoms with Gasteiger partial charge in [0.1, 0.15) is 5.57 Å². The van der Waals surface area contributed by atoms with Gasteiger partial charge in [0.2, 0.25) is 0 Å². The third-order valence-electron chi connectivity index (χ3n) is 6.24. The number of aromatic carboxylic acids is 1. The lowest BCUT2D eigenvalue weighted by atomic mass is 9.87. The second-order valence-corrected chi connectivity index (χ2v) is 10.2. The summed E-state index contributed by atoms with van der Waals surface area (Å²) in [6.07, 6.45) is 1.57. The molecule has 2 N–H and O–H groups in total. The van der Waals surface area contributed by atoms with Crippen LogP contribution in [-0.2, 0) is 15.0 Å². The van der Waals surface area contributed by atoms with E-state index in [1.54, 1.807) is 6.08 Å². The van der Waals surface area contributed by atoms with Gasteiger partial charge in [0, 0.05) is 17.1 Å². The standard InChI is InChI=1S/C28H27N3O4S/c1-16-14-19(17(2)30(16)21-12-8-20(9-13-21)28(3,4)5)15-23-24(32)29-27(36)31(25(23)33)22-10-6-18(7-11-22)26(34)35/h6-15H,1-5H3,(H,34,35)(H,29,32,36)/b23-15+. The van der Waals surface area contributed by atoms with Crippen LogP contribution in [0, 0.1) is 13.8 Å². The highest BCUT2D eigenvalue weighted by Gasteiger charge is 2.34. The number of hydrogen-bond donors (Lipinski definition) is 2. The molecule has 0 atom stereocenters. The van der Waals surface area contributed by atoms with Gasteiger partial charge in [-0.25, -0.2) is 4.79 Å². The summed E-state index contributed by atoms with van der Waals surface area (Å²) >= 11 is 5.24. The molecule has 4 rings (SSSR count). The molecule has 2 amide bonds. The molecule has 0 spiro atoms. The quantitative estimate of drug-likeness (QED) is 0.301. The number of carbonyl (C=O) groups is 3. The average Bonchev–Trinajstić information content (AvgIpc) is 3.09. The lowest BCUT2D eigenvalue weighted by Crippen LogP contribution is -2.54. The molecule has 0 saturated carbocycles. The SMILES string of the molecule is Cc1cc(/C=C2\C(=O)NC(=S)N(c3ccc(C(=O)O)cc3)C2=O)c(C)n1-c1ccc(C(C)(C)C)cc1. The van der Waals surface area contributed by atoms with E-state index in [0.29, 0.717) is 5.69 Å². The predicted octanol–water partition coefficient (Wildman–Crippen LogP) is 4.92. The Labute approximate surface area is 215 Å². The summed E-state index contributed by atoms with van der Waals surface area (Å²) in [5.74, 6) is -2.24. The van der Waals surface area contributed by atoms with Crippen LogP contribution in [0.2, 0.25) is 0 Å². The zero-order chi connectivity index (χ0) is 26.4. The molecular formula is C28H27N3O4S. The minimum absolute atomic E-state index is 0.0456. The van der Waals surface area contributed by atoms with Crippen LogP contribution in [0.25, 0.3) is 11.8 Å². The smallest absolute Gasteiger partial charge is 0.335 e. The molecule has 7 nitrogen and oxygen atoms in total. The van der Waals surface area contributed by atoms with Crippen LogP contribution in [0.4, 0.5) is 5.69 Å². The van der Waals surface area contributed by atoms with Gasteiger partial charge >= 0.3 is 5.97 Å². The van der Waals surface area contributed by atoms with Gasteiger partial charge in [-0.1, -0.05) is 32.9 Å². The van der Waals surface area contributed by atoms with E-state index in [9.17, 15) is 14.4 Å². The molecule has 1 aromatic heterocycles.